The van der Waals surface area contributed by atoms with Gasteiger partial charge in [-0.2, -0.15) is 0 Å². The van der Waals surface area contributed by atoms with Crippen LogP contribution in [0.15, 0.2) is 24.3 Å². The molecular formula is C18H28N4O2. The third-order valence-electron chi connectivity index (χ3n) is 3.97. The van der Waals surface area contributed by atoms with Crippen molar-refractivity contribution < 1.29 is 9.59 Å². The molecule has 1 aliphatic heterocycles. The molecule has 1 aliphatic rings. The van der Waals surface area contributed by atoms with Gasteiger partial charge in [-0.25, -0.2) is 4.79 Å². The number of benzene rings is 1. The summed E-state index contributed by atoms with van der Waals surface area (Å²) < 4.78 is 0. The molecule has 1 saturated heterocycles. The van der Waals surface area contributed by atoms with Gasteiger partial charge in [0.15, 0.2) is 0 Å². The van der Waals surface area contributed by atoms with Gasteiger partial charge in [-0.05, 0) is 58.7 Å². The van der Waals surface area contributed by atoms with Crippen LogP contribution >= 0.6 is 0 Å². The summed E-state index contributed by atoms with van der Waals surface area (Å²) in [5.74, 6) is -0.143. The maximum atomic E-state index is 12.3. The average Bonchev–Trinajstić information content (AvgIpc) is 2.33. The van der Waals surface area contributed by atoms with Crippen LogP contribution in [-0.2, 0) is 4.79 Å². The lowest BCUT2D eigenvalue weighted by Crippen LogP contribution is -2.62. The Hall–Kier alpha value is -2.08. The predicted molar refractivity (Wildman–Crippen MR) is 97.2 cm³/mol. The van der Waals surface area contributed by atoms with Gasteiger partial charge in [-0.15, -0.1) is 0 Å². The van der Waals surface area contributed by atoms with Gasteiger partial charge in [0, 0.05) is 35.4 Å². The fourth-order valence-corrected chi connectivity index (χ4v) is 3.65. The molecular weight excluding hydrogens is 304 g/mol. The molecule has 0 saturated carbocycles. The Morgan fingerprint density at radius 3 is 2.12 bits per heavy atom. The van der Waals surface area contributed by atoms with Gasteiger partial charge in [0.05, 0.1) is 0 Å². The van der Waals surface area contributed by atoms with Crippen molar-refractivity contribution in [2.45, 2.75) is 64.6 Å². The number of hydrogen-bond acceptors (Lipinski definition) is 3. The highest BCUT2D eigenvalue weighted by atomic mass is 16.2. The van der Waals surface area contributed by atoms with Gasteiger partial charge in [-0.1, -0.05) is 6.07 Å². The summed E-state index contributed by atoms with van der Waals surface area (Å²) in [4.78, 5) is 23.4. The van der Waals surface area contributed by atoms with Gasteiger partial charge in [0.1, 0.15) is 0 Å². The summed E-state index contributed by atoms with van der Waals surface area (Å²) in [6.07, 6.45) is 1.74. The van der Waals surface area contributed by atoms with Gasteiger partial charge in [0.2, 0.25) is 5.91 Å². The van der Waals surface area contributed by atoms with Crippen molar-refractivity contribution >= 4 is 23.3 Å². The zero-order valence-corrected chi connectivity index (χ0v) is 15.1. The van der Waals surface area contributed by atoms with Crippen molar-refractivity contribution in [3.8, 4) is 0 Å². The van der Waals surface area contributed by atoms with Crippen LogP contribution in [0.1, 0.15) is 47.5 Å². The molecule has 6 nitrogen and oxygen atoms in total. The highest BCUT2D eigenvalue weighted by Gasteiger charge is 2.38. The van der Waals surface area contributed by atoms with Crippen LogP contribution in [0.5, 0.6) is 0 Å². The Kier molecular flexibility index (Phi) is 5.18. The minimum Gasteiger partial charge on any atom is -0.335 e. The number of carbonyl (C=O) groups is 2. The molecule has 4 N–H and O–H groups in total. The van der Waals surface area contributed by atoms with Crippen LogP contribution in [-0.4, -0.2) is 29.1 Å². The van der Waals surface area contributed by atoms with Crippen LogP contribution in [0.3, 0.4) is 0 Å². The molecule has 0 aliphatic carbocycles. The molecule has 1 heterocycles. The van der Waals surface area contributed by atoms with E-state index in [1.165, 1.54) is 6.92 Å². The molecule has 1 fully saturated rings. The second kappa shape index (κ2) is 6.81. The van der Waals surface area contributed by atoms with Crippen LogP contribution in [0.4, 0.5) is 16.2 Å². The molecule has 0 radical (unpaired) electrons. The van der Waals surface area contributed by atoms with E-state index >= 15 is 0 Å². The van der Waals surface area contributed by atoms with E-state index in [9.17, 15) is 9.59 Å². The Bertz CT molecular complexity index is 609. The van der Waals surface area contributed by atoms with Crippen molar-refractivity contribution in [3.05, 3.63) is 24.3 Å². The van der Waals surface area contributed by atoms with Crippen molar-refractivity contribution in [3.63, 3.8) is 0 Å². The third kappa shape index (κ3) is 5.53. The Morgan fingerprint density at radius 1 is 1.04 bits per heavy atom. The monoisotopic (exact) mass is 332 g/mol. The second-order valence-corrected chi connectivity index (χ2v) is 7.86. The smallest absolute Gasteiger partial charge is 0.319 e. The first kappa shape index (κ1) is 18.3. The van der Waals surface area contributed by atoms with E-state index in [2.05, 4.69) is 49.0 Å². The molecule has 132 valence electrons. The first-order chi connectivity index (χ1) is 11.0. The minimum absolute atomic E-state index is 0.0228. The zero-order chi connectivity index (χ0) is 18.0. The molecule has 0 unspecified atom stereocenters. The maximum Gasteiger partial charge on any atom is 0.319 e. The van der Waals surface area contributed by atoms with Gasteiger partial charge in [-0.3, -0.25) is 4.79 Å². The molecule has 0 spiro atoms. The number of rotatable bonds is 3. The second-order valence-electron chi connectivity index (χ2n) is 7.86. The van der Waals surface area contributed by atoms with Crippen molar-refractivity contribution in [1.82, 2.24) is 10.6 Å². The van der Waals surface area contributed by atoms with E-state index < -0.39 is 0 Å². The zero-order valence-electron chi connectivity index (χ0n) is 15.1. The normalized spacial score (nSPS) is 19.4. The van der Waals surface area contributed by atoms with E-state index in [0.717, 1.165) is 12.8 Å². The van der Waals surface area contributed by atoms with Gasteiger partial charge in [0.25, 0.3) is 0 Å². The molecule has 2 rings (SSSR count). The van der Waals surface area contributed by atoms with Gasteiger partial charge >= 0.3 is 6.03 Å². The molecule has 1 aromatic rings. The Labute approximate surface area is 143 Å². The van der Waals surface area contributed by atoms with Crippen LogP contribution in [0.25, 0.3) is 0 Å². The van der Waals surface area contributed by atoms with E-state index in [-0.39, 0.29) is 29.1 Å². The molecule has 24 heavy (non-hydrogen) atoms. The average molecular weight is 332 g/mol. The number of amides is 3. The summed E-state index contributed by atoms with van der Waals surface area (Å²) in [6, 6.07) is 6.97. The number of urea groups is 1. The molecule has 6 heteroatoms. The fraction of sp³-hybridized carbons (Fsp3) is 0.556. The Morgan fingerprint density at radius 2 is 1.58 bits per heavy atom. The van der Waals surface area contributed by atoms with Crippen molar-refractivity contribution in [1.29, 1.82) is 0 Å². The quantitative estimate of drug-likeness (QED) is 0.686. The van der Waals surface area contributed by atoms with E-state index in [1.807, 2.05) is 0 Å². The summed E-state index contributed by atoms with van der Waals surface area (Å²) in [7, 11) is 0. The standard InChI is InChI=1S/C18H28N4O2/c1-12(23)19-13-7-6-8-14(9-13)20-16(24)21-15-10-17(2,3)22-18(4,5)11-15/h6-9,15,22H,10-11H2,1-5H3,(H,19,23)(H2,20,21,24). The predicted octanol–water partition coefficient (Wildman–Crippen LogP) is 3.08. The largest absolute Gasteiger partial charge is 0.335 e. The van der Waals surface area contributed by atoms with E-state index in [4.69, 9.17) is 0 Å². The van der Waals surface area contributed by atoms with E-state index in [0.29, 0.717) is 11.4 Å². The third-order valence-corrected chi connectivity index (χ3v) is 3.97. The summed E-state index contributed by atoms with van der Waals surface area (Å²) >= 11 is 0. The number of hydrogen-bond donors (Lipinski definition) is 4. The maximum absolute atomic E-state index is 12.3. The number of nitrogens with one attached hydrogen (secondary N) is 4. The highest BCUT2D eigenvalue weighted by Crippen LogP contribution is 2.28. The molecule has 0 atom stereocenters. The van der Waals surface area contributed by atoms with Crippen LogP contribution in [0.2, 0.25) is 0 Å². The molecule has 3 amide bonds. The number of anilines is 2. The van der Waals surface area contributed by atoms with Gasteiger partial charge < -0.3 is 21.3 Å². The lowest BCUT2D eigenvalue weighted by atomic mass is 9.80. The number of piperidine rings is 1. The van der Waals surface area contributed by atoms with Crippen LogP contribution in [0, 0.1) is 0 Å². The van der Waals surface area contributed by atoms with Crippen molar-refractivity contribution in [2.24, 2.45) is 0 Å². The summed E-state index contributed by atoms with van der Waals surface area (Å²) in [6.45, 7) is 10.1. The Balaban J connectivity index is 1.97. The molecule has 0 aromatic heterocycles. The minimum atomic E-state index is -0.228. The molecule has 0 bridgehead atoms. The highest BCUT2D eigenvalue weighted by molar-refractivity contribution is 5.92. The first-order valence-electron chi connectivity index (χ1n) is 8.29. The fourth-order valence-electron chi connectivity index (χ4n) is 3.65. The van der Waals surface area contributed by atoms with Crippen LogP contribution < -0.4 is 21.3 Å². The first-order valence-corrected chi connectivity index (χ1v) is 8.29. The summed E-state index contributed by atoms with van der Waals surface area (Å²) in [5, 5.41) is 12.2. The lowest BCUT2D eigenvalue weighted by molar-refractivity contribution is -0.114. The molecule has 1 aromatic carbocycles. The van der Waals surface area contributed by atoms with Crippen molar-refractivity contribution in [2.75, 3.05) is 10.6 Å². The lowest BCUT2D eigenvalue weighted by Gasteiger charge is -2.46. The SMILES string of the molecule is CC(=O)Nc1cccc(NC(=O)NC2CC(C)(C)NC(C)(C)C2)c1. The number of carbonyl (C=O) groups excluding carboxylic acids is 2. The topological polar surface area (TPSA) is 82.3 Å². The summed E-state index contributed by atoms with van der Waals surface area (Å²) in [5.41, 5.74) is 1.26. The van der Waals surface area contributed by atoms with E-state index in [1.54, 1.807) is 24.3 Å².